The molecule has 0 radical (unpaired) electrons. The first-order valence-corrected chi connectivity index (χ1v) is 14.2. The highest BCUT2D eigenvalue weighted by Crippen LogP contribution is 2.34. The molecular weight excluding hydrogens is 527 g/mol. The zero-order valence-electron chi connectivity index (χ0n) is 20.2. The summed E-state index contributed by atoms with van der Waals surface area (Å²) in [7, 11) is -3.65. The first kappa shape index (κ1) is 26.7. The summed E-state index contributed by atoms with van der Waals surface area (Å²) in [5.74, 6) is -0.114. The molecule has 0 fully saturated rings. The maximum Gasteiger partial charge on any atom is 0.254 e. The summed E-state index contributed by atoms with van der Waals surface area (Å²) >= 11 is 12.4. The third-order valence-corrected chi connectivity index (χ3v) is 7.78. The van der Waals surface area contributed by atoms with Gasteiger partial charge in [-0.3, -0.25) is 9.10 Å². The first-order valence-electron chi connectivity index (χ1n) is 11.6. The van der Waals surface area contributed by atoms with E-state index < -0.39 is 10.0 Å². The first-order chi connectivity index (χ1) is 17.7. The van der Waals surface area contributed by atoms with E-state index in [1.165, 1.54) is 4.31 Å². The van der Waals surface area contributed by atoms with Crippen LogP contribution >= 0.6 is 23.2 Å². The van der Waals surface area contributed by atoms with Crippen molar-refractivity contribution in [2.45, 2.75) is 19.6 Å². The quantitative estimate of drug-likeness (QED) is 0.229. The highest BCUT2D eigenvalue weighted by molar-refractivity contribution is 7.92. The number of halogens is 2. The number of anilines is 1. The van der Waals surface area contributed by atoms with Crippen LogP contribution in [0.1, 0.15) is 27.0 Å². The standard InChI is InChI=1S/C29H26Cl2N2O3S/c1-37(35,36)33(27-14-8-13-26(30)28(27)31)21-24-15-17-25(18-16-24)29(34)32(19-22-9-4-2-5-10-22)20-23-11-6-3-7-12-23/h2-18H,19-21H2,1H3. The van der Waals surface area contributed by atoms with Crippen LogP contribution < -0.4 is 4.31 Å². The molecule has 0 unspecified atom stereocenters. The summed E-state index contributed by atoms with van der Waals surface area (Å²) in [5.41, 5.74) is 3.59. The molecule has 0 spiro atoms. The number of hydrogen-bond donors (Lipinski definition) is 0. The van der Waals surface area contributed by atoms with Gasteiger partial charge >= 0.3 is 0 Å². The summed E-state index contributed by atoms with van der Waals surface area (Å²) in [5, 5.41) is 0.435. The average Bonchev–Trinajstić information content (AvgIpc) is 2.89. The van der Waals surface area contributed by atoms with Gasteiger partial charge in [0.2, 0.25) is 10.0 Å². The number of nitrogens with zero attached hydrogens (tertiary/aromatic N) is 2. The number of benzene rings is 4. The number of carbonyl (C=O) groups excluding carboxylic acids is 1. The van der Waals surface area contributed by atoms with Crippen LogP contribution in [0.2, 0.25) is 10.0 Å². The normalized spacial score (nSPS) is 11.2. The molecule has 190 valence electrons. The molecule has 0 bridgehead atoms. The van der Waals surface area contributed by atoms with Crippen molar-refractivity contribution in [3.05, 3.63) is 135 Å². The SMILES string of the molecule is CS(=O)(=O)N(Cc1ccc(C(=O)N(Cc2ccccc2)Cc2ccccc2)cc1)c1cccc(Cl)c1Cl. The Morgan fingerprint density at radius 2 is 1.19 bits per heavy atom. The van der Waals surface area contributed by atoms with Crippen LogP contribution in [0.5, 0.6) is 0 Å². The minimum atomic E-state index is -3.65. The lowest BCUT2D eigenvalue weighted by Gasteiger charge is -2.25. The highest BCUT2D eigenvalue weighted by Gasteiger charge is 2.22. The summed E-state index contributed by atoms with van der Waals surface area (Å²) in [4.78, 5) is 15.3. The molecule has 37 heavy (non-hydrogen) atoms. The molecule has 8 heteroatoms. The van der Waals surface area contributed by atoms with Crippen LogP contribution in [0, 0.1) is 0 Å². The molecule has 1 amide bonds. The Balaban J connectivity index is 1.57. The maximum absolute atomic E-state index is 13.5. The van der Waals surface area contributed by atoms with Crippen molar-refractivity contribution < 1.29 is 13.2 Å². The molecular formula is C29H26Cl2N2O3S. The average molecular weight is 554 g/mol. The van der Waals surface area contributed by atoms with Gasteiger partial charge in [-0.2, -0.15) is 0 Å². The Morgan fingerprint density at radius 3 is 1.70 bits per heavy atom. The third kappa shape index (κ3) is 6.92. The van der Waals surface area contributed by atoms with Crippen molar-refractivity contribution in [1.29, 1.82) is 0 Å². The van der Waals surface area contributed by atoms with Crippen LogP contribution in [0.15, 0.2) is 103 Å². The molecule has 0 heterocycles. The van der Waals surface area contributed by atoms with Crippen molar-refractivity contribution in [2.75, 3.05) is 10.6 Å². The van der Waals surface area contributed by atoms with Gasteiger partial charge in [-0.25, -0.2) is 8.42 Å². The monoisotopic (exact) mass is 552 g/mol. The zero-order valence-corrected chi connectivity index (χ0v) is 22.5. The van der Waals surface area contributed by atoms with E-state index in [0.717, 1.165) is 17.4 Å². The molecule has 0 aliphatic rings. The number of sulfonamides is 1. The van der Waals surface area contributed by atoms with E-state index in [0.29, 0.717) is 29.9 Å². The summed E-state index contributed by atoms with van der Waals surface area (Å²) in [6.45, 7) is 0.974. The number of rotatable bonds is 9. The van der Waals surface area contributed by atoms with Gasteiger partial charge in [0, 0.05) is 18.7 Å². The molecule has 4 aromatic carbocycles. The molecule has 0 aliphatic heterocycles. The van der Waals surface area contributed by atoms with E-state index in [9.17, 15) is 13.2 Å². The minimum absolute atomic E-state index is 0.0467. The second-order valence-corrected chi connectivity index (χ2v) is 11.4. The predicted molar refractivity (Wildman–Crippen MR) is 150 cm³/mol. The van der Waals surface area contributed by atoms with Crippen LogP contribution in [0.4, 0.5) is 5.69 Å². The highest BCUT2D eigenvalue weighted by atomic mass is 35.5. The van der Waals surface area contributed by atoms with E-state index in [1.807, 2.05) is 60.7 Å². The van der Waals surface area contributed by atoms with Crippen LogP contribution in [-0.2, 0) is 29.7 Å². The Kier molecular flexibility index (Phi) is 8.54. The molecule has 0 aliphatic carbocycles. The van der Waals surface area contributed by atoms with Gasteiger partial charge in [0.25, 0.3) is 5.91 Å². The second kappa shape index (κ2) is 11.8. The van der Waals surface area contributed by atoms with Gasteiger partial charge < -0.3 is 4.90 Å². The Hall–Kier alpha value is -3.32. The number of carbonyl (C=O) groups is 1. The second-order valence-electron chi connectivity index (χ2n) is 8.67. The van der Waals surface area contributed by atoms with E-state index in [-0.39, 0.29) is 22.5 Å². The maximum atomic E-state index is 13.5. The van der Waals surface area contributed by atoms with Gasteiger partial charge in [-0.1, -0.05) is 102 Å². The van der Waals surface area contributed by atoms with Crippen LogP contribution in [0.25, 0.3) is 0 Å². The Morgan fingerprint density at radius 1 is 0.676 bits per heavy atom. The fraction of sp³-hybridized carbons (Fsp3) is 0.138. The van der Waals surface area contributed by atoms with E-state index in [2.05, 4.69) is 0 Å². The van der Waals surface area contributed by atoms with Crippen molar-refractivity contribution in [2.24, 2.45) is 0 Å². The fourth-order valence-electron chi connectivity index (χ4n) is 3.97. The molecule has 0 saturated carbocycles. The van der Waals surface area contributed by atoms with Crippen molar-refractivity contribution in [3.8, 4) is 0 Å². The Labute approximate surface area is 227 Å². The molecule has 0 saturated heterocycles. The van der Waals surface area contributed by atoms with Gasteiger partial charge in [-0.05, 0) is 41.0 Å². The summed E-state index contributed by atoms with van der Waals surface area (Å²) in [6.07, 6.45) is 1.12. The molecule has 0 aromatic heterocycles. The van der Waals surface area contributed by atoms with Gasteiger partial charge in [-0.15, -0.1) is 0 Å². The lowest BCUT2D eigenvalue weighted by Crippen LogP contribution is -2.30. The Bertz CT molecular complexity index is 1420. The van der Waals surface area contributed by atoms with Gasteiger partial charge in [0.05, 0.1) is 28.5 Å². The number of hydrogen-bond acceptors (Lipinski definition) is 3. The smallest absolute Gasteiger partial charge is 0.254 e. The fourth-order valence-corrected chi connectivity index (χ4v) is 5.32. The largest absolute Gasteiger partial charge is 0.330 e. The van der Waals surface area contributed by atoms with Gasteiger partial charge in [0.1, 0.15) is 0 Å². The lowest BCUT2D eigenvalue weighted by atomic mass is 10.1. The number of amides is 1. The minimum Gasteiger partial charge on any atom is -0.330 e. The third-order valence-electron chi connectivity index (χ3n) is 5.85. The predicted octanol–water partition coefficient (Wildman–Crippen LogP) is 6.80. The molecule has 4 aromatic rings. The lowest BCUT2D eigenvalue weighted by molar-refractivity contribution is 0.0730. The van der Waals surface area contributed by atoms with Crippen molar-refractivity contribution in [1.82, 2.24) is 4.90 Å². The van der Waals surface area contributed by atoms with Crippen LogP contribution in [-0.4, -0.2) is 25.5 Å². The van der Waals surface area contributed by atoms with Crippen LogP contribution in [0.3, 0.4) is 0 Å². The summed E-state index contributed by atoms with van der Waals surface area (Å²) < 4.78 is 26.4. The van der Waals surface area contributed by atoms with Gasteiger partial charge in [0.15, 0.2) is 0 Å². The van der Waals surface area contributed by atoms with Crippen molar-refractivity contribution >= 4 is 44.8 Å². The topological polar surface area (TPSA) is 57.7 Å². The molecule has 0 N–H and O–H groups in total. The molecule has 4 rings (SSSR count). The van der Waals surface area contributed by atoms with E-state index in [1.54, 1.807) is 47.4 Å². The van der Waals surface area contributed by atoms with E-state index >= 15 is 0 Å². The van der Waals surface area contributed by atoms with Crippen molar-refractivity contribution in [3.63, 3.8) is 0 Å². The zero-order chi connectivity index (χ0) is 26.4. The van der Waals surface area contributed by atoms with E-state index in [4.69, 9.17) is 23.2 Å². The summed E-state index contributed by atoms with van der Waals surface area (Å²) in [6, 6.07) is 31.5. The molecule has 5 nitrogen and oxygen atoms in total. The molecule has 0 atom stereocenters.